The van der Waals surface area contributed by atoms with Crippen molar-refractivity contribution in [1.29, 1.82) is 0 Å². The molecule has 1 amide bonds. The lowest BCUT2D eigenvalue weighted by atomic mass is 10.1. The van der Waals surface area contributed by atoms with Crippen LogP contribution in [0.2, 0.25) is 0 Å². The van der Waals surface area contributed by atoms with Gasteiger partial charge in [0.05, 0.1) is 4.88 Å². The molecular formula is C23H24N2OS. The molecule has 2 aromatic carbocycles. The predicted octanol–water partition coefficient (Wildman–Crippen LogP) is 4.42. The molecule has 27 heavy (non-hydrogen) atoms. The lowest BCUT2D eigenvalue weighted by Gasteiger charge is -2.34. The van der Waals surface area contributed by atoms with Crippen molar-refractivity contribution in [2.75, 3.05) is 32.7 Å². The molecule has 2 heterocycles. The van der Waals surface area contributed by atoms with E-state index in [1.54, 1.807) is 11.3 Å². The Bertz CT molecular complexity index is 868. The maximum atomic E-state index is 13.1. The molecule has 1 saturated heterocycles. The van der Waals surface area contributed by atoms with Crippen molar-refractivity contribution in [1.82, 2.24) is 9.80 Å². The first-order valence-corrected chi connectivity index (χ1v) is 10.4. The molecule has 4 rings (SSSR count). The Hall–Kier alpha value is -2.43. The molecule has 1 aliphatic rings. The monoisotopic (exact) mass is 376 g/mol. The number of thiophene rings is 1. The molecule has 0 aliphatic carbocycles. The molecule has 1 fully saturated rings. The quantitative estimate of drug-likeness (QED) is 0.658. The van der Waals surface area contributed by atoms with Crippen LogP contribution in [0.5, 0.6) is 0 Å². The molecule has 1 aliphatic heterocycles. The molecule has 0 bridgehead atoms. The van der Waals surface area contributed by atoms with Gasteiger partial charge in [0.15, 0.2) is 0 Å². The second-order valence-corrected chi connectivity index (χ2v) is 7.81. The van der Waals surface area contributed by atoms with Crippen LogP contribution >= 0.6 is 11.3 Å². The minimum absolute atomic E-state index is 0.173. The molecule has 0 saturated carbocycles. The summed E-state index contributed by atoms with van der Waals surface area (Å²) in [5.41, 5.74) is 3.54. The second-order valence-electron chi connectivity index (χ2n) is 6.90. The van der Waals surface area contributed by atoms with Crippen LogP contribution in [-0.4, -0.2) is 48.4 Å². The predicted molar refractivity (Wildman–Crippen MR) is 112 cm³/mol. The molecule has 0 N–H and O–H groups in total. The van der Waals surface area contributed by atoms with Crippen LogP contribution in [0.4, 0.5) is 0 Å². The van der Waals surface area contributed by atoms with E-state index in [2.05, 4.69) is 53.4 Å². The zero-order valence-corrected chi connectivity index (χ0v) is 16.2. The highest BCUT2D eigenvalue weighted by atomic mass is 32.1. The third-order valence-corrected chi connectivity index (χ3v) is 6.07. The minimum Gasteiger partial charge on any atom is -0.335 e. The van der Waals surface area contributed by atoms with E-state index in [0.717, 1.165) is 55.1 Å². The van der Waals surface area contributed by atoms with Crippen molar-refractivity contribution in [2.24, 2.45) is 0 Å². The van der Waals surface area contributed by atoms with Crippen LogP contribution < -0.4 is 0 Å². The number of piperazine rings is 1. The lowest BCUT2D eigenvalue weighted by Crippen LogP contribution is -2.49. The number of carbonyl (C=O) groups is 1. The van der Waals surface area contributed by atoms with E-state index in [9.17, 15) is 4.79 Å². The Kier molecular flexibility index (Phi) is 5.66. The number of rotatable bonds is 5. The summed E-state index contributed by atoms with van der Waals surface area (Å²) in [6.45, 7) is 4.56. The Balaban J connectivity index is 1.35. The van der Waals surface area contributed by atoms with Crippen molar-refractivity contribution < 1.29 is 4.79 Å². The van der Waals surface area contributed by atoms with E-state index in [0.29, 0.717) is 0 Å². The van der Waals surface area contributed by atoms with E-state index >= 15 is 0 Å². The van der Waals surface area contributed by atoms with Gasteiger partial charge in [-0.05, 0) is 29.0 Å². The van der Waals surface area contributed by atoms with E-state index in [1.165, 1.54) is 5.56 Å². The number of benzene rings is 2. The SMILES string of the molecule is O=C(c1sccc1-c1ccccc1)N1CCN(CCc2ccccc2)CC1. The normalized spacial score (nSPS) is 15.0. The first kappa shape index (κ1) is 18.0. The summed E-state index contributed by atoms with van der Waals surface area (Å²) < 4.78 is 0. The van der Waals surface area contributed by atoms with Gasteiger partial charge < -0.3 is 4.90 Å². The standard InChI is InChI=1S/C23H24N2OS/c26-23(22-21(12-18-27-22)20-9-5-2-6-10-20)25-16-14-24(15-17-25)13-11-19-7-3-1-4-8-19/h1-10,12,18H,11,13-17H2. The largest absolute Gasteiger partial charge is 0.335 e. The smallest absolute Gasteiger partial charge is 0.264 e. The summed E-state index contributed by atoms with van der Waals surface area (Å²) in [6, 6.07) is 22.9. The Morgan fingerprint density at radius 3 is 2.22 bits per heavy atom. The number of nitrogens with zero attached hydrogens (tertiary/aromatic N) is 2. The van der Waals surface area contributed by atoms with E-state index in [-0.39, 0.29) is 5.91 Å². The zero-order chi connectivity index (χ0) is 18.5. The van der Waals surface area contributed by atoms with Crippen LogP contribution in [-0.2, 0) is 6.42 Å². The molecule has 1 aromatic heterocycles. The van der Waals surface area contributed by atoms with Crippen molar-refractivity contribution in [2.45, 2.75) is 6.42 Å². The van der Waals surface area contributed by atoms with E-state index in [1.807, 2.05) is 28.5 Å². The van der Waals surface area contributed by atoms with Crippen LogP contribution in [0, 0.1) is 0 Å². The number of hydrogen-bond acceptors (Lipinski definition) is 3. The van der Waals surface area contributed by atoms with Crippen LogP contribution in [0.3, 0.4) is 0 Å². The first-order chi connectivity index (χ1) is 13.3. The summed E-state index contributed by atoms with van der Waals surface area (Å²) in [4.78, 5) is 18.4. The van der Waals surface area contributed by atoms with Crippen molar-refractivity contribution in [3.05, 3.63) is 82.6 Å². The maximum Gasteiger partial charge on any atom is 0.264 e. The molecule has 3 aromatic rings. The van der Waals surface area contributed by atoms with E-state index in [4.69, 9.17) is 0 Å². The van der Waals surface area contributed by atoms with Crippen LogP contribution in [0.1, 0.15) is 15.2 Å². The average molecular weight is 377 g/mol. The second kappa shape index (κ2) is 8.51. The topological polar surface area (TPSA) is 23.6 Å². The number of hydrogen-bond donors (Lipinski definition) is 0. The van der Waals surface area contributed by atoms with Crippen molar-refractivity contribution in [3.63, 3.8) is 0 Å². The molecular weight excluding hydrogens is 352 g/mol. The van der Waals surface area contributed by atoms with Gasteiger partial charge in [-0.2, -0.15) is 0 Å². The van der Waals surface area contributed by atoms with Crippen LogP contribution in [0.15, 0.2) is 72.1 Å². The highest BCUT2D eigenvalue weighted by Gasteiger charge is 2.24. The number of amides is 1. The third-order valence-electron chi connectivity index (χ3n) is 5.16. The van der Waals surface area contributed by atoms with Gasteiger partial charge in [-0.3, -0.25) is 9.69 Å². The van der Waals surface area contributed by atoms with Crippen LogP contribution in [0.25, 0.3) is 11.1 Å². The molecule has 0 spiro atoms. The first-order valence-electron chi connectivity index (χ1n) is 9.50. The van der Waals surface area contributed by atoms with Gasteiger partial charge in [-0.15, -0.1) is 11.3 Å². The minimum atomic E-state index is 0.173. The van der Waals surface area contributed by atoms with Gasteiger partial charge in [-0.25, -0.2) is 0 Å². The van der Waals surface area contributed by atoms with Gasteiger partial charge in [0.1, 0.15) is 0 Å². The average Bonchev–Trinajstić information content (AvgIpc) is 3.23. The molecule has 4 heteroatoms. The Labute approximate surface area is 164 Å². The zero-order valence-electron chi connectivity index (χ0n) is 15.4. The Morgan fingerprint density at radius 2 is 1.52 bits per heavy atom. The highest BCUT2D eigenvalue weighted by Crippen LogP contribution is 2.29. The van der Waals surface area contributed by atoms with Gasteiger partial charge in [0.25, 0.3) is 5.91 Å². The molecule has 0 unspecified atom stereocenters. The maximum absolute atomic E-state index is 13.1. The lowest BCUT2D eigenvalue weighted by molar-refractivity contribution is 0.0644. The van der Waals surface area contributed by atoms with Crippen molar-refractivity contribution >= 4 is 17.2 Å². The molecule has 0 radical (unpaired) electrons. The fourth-order valence-electron chi connectivity index (χ4n) is 3.57. The summed E-state index contributed by atoms with van der Waals surface area (Å²) in [6.07, 6.45) is 1.07. The summed E-state index contributed by atoms with van der Waals surface area (Å²) in [5, 5.41) is 2.02. The fourth-order valence-corrected chi connectivity index (χ4v) is 4.45. The number of carbonyl (C=O) groups excluding carboxylic acids is 1. The van der Waals surface area contributed by atoms with Gasteiger partial charge >= 0.3 is 0 Å². The molecule has 138 valence electrons. The van der Waals surface area contributed by atoms with Gasteiger partial charge in [0, 0.05) is 38.3 Å². The Morgan fingerprint density at radius 1 is 0.852 bits per heavy atom. The van der Waals surface area contributed by atoms with E-state index < -0.39 is 0 Å². The summed E-state index contributed by atoms with van der Waals surface area (Å²) in [7, 11) is 0. The van der Waals surface area contributed by atoms with Crippen molar-refractivity contribution in [3.8, 4) is 11.1 Å². The highest BCUT2D eigenvalue weighted by molar-refractivity contribution is 7.12. The fraction of sp³-hybridized carbons (Fsp3) is 0.261. The molecule has 3 nitrogen and oxygen atoms in total. The summed E-state index contributed by atoms with van der Waals surface area (Å²) >= 11 is 1.55. The van der Waals surface area contributed by atoms with Gasteiger partial charge in [0.2, 0.25) is 0 Å². The third kappa shape index (κ3) is 4.29. The summed E-state index contributed by atoms with van der Waals surface area (Å²) in [5.74, 6) is 0.173. The van der Waals surface area contributed by atoms with Gasteiger partial charge in [-0.1, -0.05) is 60.7 Å². The molecule has 0 atom stereocenters.